The smallest absolute Gasteiger partial charge is 0.216 e. The molecule has 0 aromatic carbocycles. The summed E-state index contributed by atoms with van der Waals surface area (Å²) in [5.74, 6) is 1.09. The third-order valence-corrected chi connectivity index (χ3v) is 7.32. The topological polar surface area (TPSA) is 79.6 Å². The van der Waals surface area contributed by atoms with E-state index in [4.69, 9.17) is 11.6 Å². The summed E-state index contributed by atoms with van der Waals surface area (Å²) in [5.41, 5.74) is 1.81. The molecule has 26 heavy (non-hydrogen) atoms. The van der Waals surface area contributed by atoms with Gasteiger partial charge in [-0.15, -0.1) is 0 Å². The molecule has 1 saturated heterocycles. The quantitative estimate of drug-likeness (QED) is 0.781. The zero-order valence-electron chi connectivity index (χ0n) is 15.6. The number of piperidine rings is 1. The van der Waals surface area contributed by atoms with Crippen molar-refractivity contribution in [2.45, 2.75) is 57.7 Å². The second kappa shape index (κ2) is 7.32. The van der Waals surface area contributed by atoms with Crippen LogP contribution in [0.2, 0.25) is 5.15 Å². The highest BCUT2D eigenvalue weighted by molar-refractivity contribution is 7.89. The summed E-state index contributed by atoms with van der Waals surface area (Å²) in [6, 6.07) is 1.94. The first kappa shape index (κ1) is 19.4. The van der Waals surface area contributed by atoms with Gasteiger partial charge in [-0.1, -0.05) is 25.4 Å². The predicted octanol–water partition coefficient (Wildman–Crippen LogP) is 3.12. The highest BCUT2D eigenvalue weighted by Crippen LogP contribution is 2.26. The van der Waals surface area contributed by atoms with Crippen LogP contribution < -0.4 is 5.32 Å². The second-order valence-corrected chi connectivity index (χ2v) is 10.2. The maximum atomic E-state index is 12.3. The molecule has 3 rings (SSSR count). The average Bonchev–Trinajstić information content (AvgIpc) is 2.99. The number of sulfonamides is 1. The highest BCUT2D eigenvalue weighted by atomic mass is 35.5. The van der Waals surface area contributed by atoms with Gasteiger partial charge in [0.1, 0.15) is 11.0 Å². The van der Waals surface area contributed by atoms with E-state index in [1.54, 1.807) is 28.7 Å². The molecule has 1 aliphatic heterocycles. The number of rotatable bonds is 5. The second-order valence-electron chi connectivity index (χ2n) is 7.37. The molecule has 3 heterocycles. The third-order valence-electron chi connectivity index (χ3n) is 4.85. The fourth-order valence-electron chi connectivity index (χ4n) is 3.22. The minimum absolute atomic E-state index is 0.168. The van der Waals surface area contributed by atoms with Crippen molar-refractivity contribution in [1.29, 1.82) is 0 Å². The Morgan fingerprint density at radius 3 is 2.46 bits per heavy atom. The number of nitrogens with one attached hydrogen (secondary N) is 1. The minimum atomic E-state index is -3.19. The van der Waals surface area contributed by atoms with Gasteiger partial charge >= 0.3 is 0 Å². The van der Waals surface area contributed by atoms with Crippen LogP contribution in [0.3, 0.4) is 0 Å². The Bertz CT molecular complexity index is 886. The lowest BCUT2D eigenvalue weighted by molar-refractivity contribution is 0.327. The van der Waals surface area contributed by atoms with Crippen molar-refractivity contribution < 1.29 is 8.42 Å². The number of hydrogen-bond acceptors (Lipinski definition) is 5. The Morgan fingerprint density at radius 2 is 1.88 bits per heavy atom. The monoisotopic (exact) mass is 399 g/mol. The van der Waals surface area contributed by atoms with Gasteiger partial charge in [-0.3, -0.25) is 0 Å². The summed E-state index contributed by atoms with van der Waals surface area (Å²) in [6.07, 6.45) is 3.31. The van der Waals surface area contributed by atoms with Crippen molar-refractivity contribution in [3.05, 3.63) is 23.0 Å². The van der Waals surface area contributed by atoms with Crippen LogP contribution in [0.4, 0.5) is 5.82 Å². The van der Waals surface area contributed by atoms with Crippen LogP contribution in [-0.2, 0) is 10.0 Å². The zero-order chi connectivity index (χ0) is 19.1. The fourth-order valence-corrected chi connectivity index (χ4v) is 4.72. The van der Waals surface area contributed by atoms with Gasteiger partial charge in [0.25, 0.3) is 0 Å². The maximum Gasteiger partial charge on any atom is 0.216 e. The van der Waals surface area contributed by atoms with Gasteiger partial charge < -0.3 is 5.32 Å². The molecule has 7 nitrogen and oxygen atoms in total. The Hall–Kier alpha value is -1.38. The first-order valence-corrected chi connectivity index (χ1v) is 10.9. The van der Waals surface area contributed by atoms with Crippen LogP contribution in [0.1, 0.15) is 52.0 Å². The molecular weight excluding hydrogens is 374 g/mol. The SMILES string of the molecule is CC(C)c1cnn2c(NC3CCN(S(=O)(=O)C(C)C)CC3)cc(Cl)nc12. The molecule has 0 aliphatic carbocycles. The minimum Gasteiger partial charge on any atom is -0.367 e. The van der Waals surface area contributed by atoms with Crippen LogP contribution >= 0.6 is 11.6 Å². The standard InChI is InChI=1S/C17H26ClN5O2S/c1-11(2)14-10-19-23-16(9-15(18)21-17(14)23)20-13-5-7-22(8-6-13)26(24,25)12(3)4/h9-13,20H,5-8H2,1-4H3. The van der Waals surface area contributed by atoms with Gasteiger partial charge in [-0.05, 0) is 32.6 Å². The van der Waals surface area contributed by atoms with E-state index in [-0.39, 0.29) is 11.3 Å². The van der Waals surface area contributed by atoms with Crippen LogP contribution in [0.25, 0.3) is 5.65 Å². The van der Waals surface area contributed by atoms with Crippen LogP contribution in [0.15, 0.2) is 12.3 Å². The van der Waals surface area contributed by atoms with Crippen LogP contribution in [-0.4, -0.2) is 51.7 Å². The molecule has 9 heteroatoms. The lowest BCUT2D eigenvalue weighted by Crippen LogP contribution is -2.45. The number of fused-ring (bicyclic) bond motifs is 1. The largest absolute Gasteiger partial charge is 0.367 e. The number of aromatic nitrogens is 3. The maximum absolute atomic E-state index is 12.3. The Kier molecular flexibility index (Phi) is 5.46. The van der Waals surface area contributed by atoms with E-state index >= 15 is 0 Å². The molecule has 0 atom stereocenters. The molecule has 1 aliphatic rings. The van der Waals surface area contributed by atoms with E-state index in [0.29, 0.717) is 24.2 Å². The molecule has 2 aromatic rings. The van der Waals surface area contributed by atoms with E-state index in [0.717, 1.165) is 29.9 Å². The van der Waals surface area contributed by atoms with Gasteiger partial charge in [0.05, 0.1) is 11.4 Å². The molecule has 0 amide bonds. The van der Waals surface area contributed by atoms with Gasteiger partial charge in [0.15, 0.2) is 5.65 Å². The molecule has 1 N–H and O–H groups in total. The molecular formula is C17H26ClN5O2S. The molecule has 0 unspecified atom stereocenters. The van der Waals surface area contributed by atoms with Crippen molar-refractivity contribution in [1.82, 2.24) is 18.9 Å². The summed E-state index contributed by atoms with van der Waals surface area (Å²) < 4.78 is 28.0. The molecule has 144 valence electrons. The van der Waals surface area contributed by atoms with E-state index in [1.807, 2.05) is 6.20 Å². The van der Waals surface area contributed by atoms with Gasteiger partial charge in [0.2, 0.25) is 10.0 Å². The number of anilines is 1. The van der Waals surface area contributed by atoms with Gasteiger partial charge in [-0.25, -0.2) is 17.7 Å². The summed E-state index contributed by atoms with van der Waals surface area (Å²) in [6.45, 7) is 8.68. The Balaban J connectivity index is 1.77. The normalized spacial score (nSPS) is 17.5. The van der Waals surface area contributed by atoms with Gasteiger partial charge in [0, 0.05) is 30.8 Å². The van der Waals surface area contributed by atoms with Crippen LogP contribution in [0, 0.1) is 0 Å². The summed E-state index contributed by atoms with van der Waals surface area (Å²) in [4.78, 5) is 4.41. The van der Waals surface area contributed by atoms with E-state index in [9.17, 15) is 8.42 Å². The molecule has 0 radical (unpaired) electrons. The zero-order valence-corrected chi connectivity index (χ0v) is 17.2. The predicted molar refractivity (Wildman–Crippen MR) is 104 cm³/mol. The Labute approximate surface area is 159 Å². The lowest BCUT2D eigenvalue weighted by Gasteiger charge is -2.33. The van der Waals surface area contributed by atoms with Crippen molar-refractivity contribution in [3.8, 4) is 0 Å². The third kappa shape index (κ3) is 3.68. The number of hydrogen-bond donors (Lipinski definition) is 1. The first-order chi connectivity index (χ1) is 12.2. The van der Waals surface area contributed by atoms with Gasteiger partial charge in [-0.2, -0.15) is 9.61 Å². The van der Waals surface area contributed by atoms with E-state index < -0.39 is 10.0 Å². The number of nitrogens with zero attached hydrogens (tertiary/aromatic N) is 4. The molecule has 2 aromatic heterocycles. The average molecular weight is 400 g/mol. The first-order valence-electron chi connectivity index (χ1n) is 8.99. The lowest BCUT2D eigenvalue weighted by atomic mass is 10.1. The highest BCUT2D eigenvalue weighted by Gasteiger charge is 2.30. The van der Waals surface area contributed by atoms with E-state index in [1.165, 1.54) is 0 Å². The summed E-state index contributed by atoms with van der Waals surface area (Å²) in [5, 5.41) is 7.96. The van der Waals surface area contributed by atoms with Crippen molar-refractivity contribution in [2.75, 3.05) is 18.4 Å². The summed E-state index contributed by atoms with van der Waals surface area (Å²) in [7, 11) is -3.19. The molecule has 1 fully saturated rings. The molecule has 0 saturated carbocycles. The Morgan fingerprint density at radius 1 is 1.23 bits per heavy atom. The van der Waals surface area contributed by atoms with Crippen LogP contribution in [0.5, 0.6) is 0 Å². The number of halogens is 1. The van der Waals surface area contributed by atoms with Crippen molar-refractivity contribution in [3.63, 3.8) is 0 Å². The fraction of sp³-hybridized carbons (Fsp3) is 0.647. The van der Waals surface area contributed by atoms with Crippen molar-refractivity contribution >= 4 is 33.1 Å². The van der Waals surface area contributed by atoms with Crippen molar-refractivity contribution in [2.24, 2.45) is 0 Å². The molecule has 0 spiro atoms. The summed E-state index contributed by atoms with van der Waals surface area (Å²) >= 11 is 6.21. The molecule has 0 bridgehead atoms. The van der Waals surface area contributed by atoms with E-state index in [2.05, 4.69) is 29.2 Å².